The topological polar surface area (TPSA) is 120 Å². The van der Waals surface area contributed by atoms with Crippen LogP contribution in [0.1, 0.15) is 0 Å². The molecule has 3 rings (SSSR count). The predicted molar refractivity (Wildman–Crippen MR) is 101 cm³/mol. The molecule has 0 saturated carbocycles. The molecule has 0 aliphatic rings. The van der Waals surface area contributed by atoms with Crippen LogP contribution in [-0.4, -0.2) is 0 Å². The first-order valence-electron chi connectivity index (χ1n) is 7.50. The summed E-state index contributed by atoms with van der Waals surface area (Å²) in [5.41, 5.74) is 0. The number of rotatable bonds is 3. The van der Waals surface area contributed by atoms with Crippen LogP contribution in [0, 0.1) is 0 Å². The van der Waals surface area contributed by atoms with Crippen molar-refractivity contribution in [2.24, 2.45) is 0 Å². The maximum Gasteiger partial charge on any atom is 3.00 e. The zero-order chi connectivity index (χ0) is 20.1. The van der Waals surface area contributed by atoms with Crippen LogP contribution in [0.5, 0.6) is 0 Å². The molecule has 10 heteroatoms. The van der Waals surface area contributed by atoms with E-state index in [2.05, 4.69) is 0 Å². The number of hydrogen-bond donors (Lipinski definition) is 0. The van der Waals surface area contributed by atoms with Gasteiger partial charge in [-0.3, -0.25) is 0 Å². The summed E-state index contributed by atoms with van der Waals surface area (Å²) in [4.78, 5) is 30.7. The first-order valence-corrected chi connectivity index (χ1v) is 11.0. The van der Waals surface area contributed by atoms with Crippen LogP contribution < -0.4 is 30.6 Å². The fraction of sp³-hybridized carbons (Fsp3) is 0. The summed E-state index contributed by atoms with van der Waals surface area (Å²) in [6.45, 7) is 0. The molecule has 0 radical (unpaired) electrons. The average molecular weight is 479 g/mol. The first-order chi connectivity index (χ1) is 12.9. The van der Waals surface area contributed by atoms with Crippen molar-refractivity contribution in [1.29, 1.82) is 0 Å². The molecule has 0 saturated heterocycles. The zero-order valence-electron chi connectivity index (χ0n) is 14.3. The SMILES string of the molecule is O=[P+]([O-])c1ccccc1.O=[P+]([O-])c1ccccc1.O=[P+]([O-])c1ccccc1.[Co+3]. The average Bonchev–Trinajstić information content (AvgIpc) is 2.71. The molecule has 0 spiro atoms. The Kier molecular flexibility index (Phi) is 14.4. The second kappa shape index (κ2) is 15.3. The second-order valence-electron chi connectivity index (χ2n) is 4.78. The zero-order valence-corrected chi connectivity index (χ0v) is 18.0. The van der Waals surface area contributed by atoms with Gasteiger partial charge in [-0.1, -0.05) is 68.3 Å². The van der Waals surface area contributed by atoms with E-state index in [0.29, 0.717) is 15.9 Å². The number of hydrogen-bond acceptors (Lipinski definition) is 6. The van der Waals surface area contributed by atoms with Crippen LogP contribution >= 0.6 is 24.1 Å². The van der Waals surface area contributed by atoms with Crippen molar-refractivity contribution in [3.63, 3.8) is 0 Å². The molecule has 3 aromatic rings. The van der Waals surface area contributed by atoms with Crippen LogP contribution in [0.3, 0.4) is 0 Å². The van der Waals surface area contributed by atoms with Gasteiger partial charge in [-0.2, -0.15) is 0 Å². The van der Waals surface area contributed by atoms with Gasteiger partial charge in [0.15, 0.2) is 15.9 Å². The minimum atomic E-state index is -2.40. The summed E-state index contributed by atoms with van der Waals surface area (Å²) >= 11 is 0. The molecule has 0 aliphatic heterocycles. The third-order valence-electron chi connectivity index (χ3n) is 2.90. The smallest absolute Gasteiger partial charge is 0.591 e. The van der Waals surface area contributed by atoms with Crippen LogP contribution in [0.4, 0.5) is 0 Å². The Balaban J connectivity index is 0.000000384. The quantitative estimate of drug-likeness (QED) is 0.522. The van der Waals surface area contributed by atoms with Crippen molar-refractivity contribution in [3.8, 4) is 0 Å². The molecular weight excluding hydrogens is 464 g/mol. The molecule has 0 aliphatic carbocycles. The van der Waals surface area contributed by atoms with Crippen LogP contribution in [0.15, 0.2) is 91.0 Å². The van der Waals surface area contributed by atoms with E-state index in [9.17, 15) is 28.4 Å². The van der Waals surface area contributed by atoms with E-state index < -0.39 is 24.1 Å². The van der Waals surface area contributed by atoms with E-state index in [1.165, 1.54) is 0 Å². The van der Waals surface area contributed by atoms with Gasteiger partial charge in [0.2, 0.25) is 0 Å². The van der Waals surface area contributed by atoms with Crippen molar-refractivity contribution in [2.75, 3.05) is 0 Å². The fourth-order valence-corrected chi connectivity index (χ4v) is 2.90. The van der Waals surface area contributed by atoms with E-state index in [0.717, 1.165) is 0 Å². The standard InChI is InChI=1S/3C6H5O2P.Co/c3*7-9(8)6-4-2-1-3-5-6;/h3*1-5H;/q;;;+3. The van der Waals surface area contributed by atoms with Crippen molar-refractivity contribution < 1.29 is 45.2 Å². The summed E-state index contributed by atoms with van der Waals surface area (Å²) in [6, 6.07) is 24.9. The molecule has 3 aromatic carbocycles. The Morgan fingerprint density at radius 2 is 0.607 bits per heavy atom. The van der Waals surface area contributed by atoms with Gasteiger partial charge in [0.1, 0.15) is 0 Å². The van der Waals surface area contributed by atoms with Gasteiger partial charge in [-0.25, -0.2) is 0 Å². The molecule has 144 valence electrons. The number of benzene rings is 3. The maximum atomic E-state index is 10.2. The maximum absolute atomic E-state index is 10.2. The van der Waals surface area contributed by atoms with E-state index >= 15 is 0 Å². The molecule has 0 heterocycles. The Bertz CT molecular complexity index is 747. The molecule has 0 N–H and O–H groups in total. The molecule has 6 nitrogen and oxygen atoms in total. The molecular formula is C18H15CoO6P3+3. The van der Waals surface area contributed by atoms with Crippen molar-refractivity contribution >= 4 is 40.0 Å². The summed E-state index contributed by atoms with van der Waals surface area (Å²) < 4.78 is 30.7. The summed E-state index contributed by atoms with van der Waals surface area (Å²) in [7, 11) is -7.19. The van der Waals surface area contributed by atoms with Crippen molar-refractivity contribution in [3.05, 3.63) is 91.0 Å². The van der Waals surface area contributed by atoms with Crippen LogP contribution in [-0.2, 0) is 30.5 Å². The molecule has 0 fully saturated rings. The van der Waals surface area contributed by atoms with Crippen LogP contribution in [0.25, 0.3) is 0 Å². The Hall–Kier alpha value is -1.65. The molecule has 0 bridgehead atoms. The largest absolute Gasteiger partial charge is 3.00 e. The van der Waals surface area contributed by atoms with Gasteiger partial charge in [0.25, 0.3) is 0 Å². The van der Waals surface area contributed by atoms with Gasteiger partial charge in [-0.15, -0.1) is 0 Å². The third-order valence-corrected chi connectivity index (χ3v) is 5.06. The molecule has 3 atom stereocenters. The third kappa shape index (κ3) is 11.2. The van der Waals surface area contributed by atoms with E-state index in [-0.39, 0.29) is 16.8 Å². The van der Waals surface area contributed by atoms with Gasteiger partial charge >= 0.3 is 40.9 Å². The van der Waals surface area contributed by atoms with E-state index in [4.69, 9.17) is 0 Å². The van der Waals surface area contributed by atoms with Gasteiger partial charge in [0.05, 0.1) is 0 Å². The summed E-state index contributed by atoms with van der Waals surface area (Å²) in [5, 5.41) is 1.10. The van der Waals surface area contributed by atoms with Gasteiger partial charge in [0, 0.05) is 0 Å². The Morgan fingerprint density at radius 3 is 0.714 bits per heavy atom. The minimum absolute atomic E-state index is 0. The Labute approximate surface area is 176 Å². The monoisotopic (exact) mass is 479 g/mol. The van der Waals surface area contributed by atoms with Crippen molar-refractivity contribution in [2.45, 2.75) is 0 Å². The fourth-order valence-electron chi connectivity index (χ4n) is 1.65. The normalized spacial score (nSPS) is 10.6. The van der Waals surface area contributed by atoms with Gasteiger partial charge in [-0.05, 0) is 36.4 Å². The summed E-state index contributed by atoms with van der Waals surface area (Å²) in [6.07, 6.45) is 0. The molecule has 0 aromatic heterocycles. The molecule has 3 unspecified atom stereocenters. The minimum Gasteiger partial charge on any atom is -0.591 e. The summed E-state index contributed by atoms with van der Waals surface area (Å²) in [5.74, 6) is 0. The van der Waals surface area contributed by atoms with E-state index in [1.807, 2.05) is 0 Å². The van der Waals surface area contributed by atoms with E-state index in [1.54, 1.807) is 91.0 Å². The van der Waals surface area contributed by atoms with Gasteiger partial charge < -0.3 is 14.7 Å². The molecule has 0 amide bonds. The van der Waals surface area contributed by atoms with Crippen molar-refractivity contribution in [1.82, 2.24) is 0 Å². The predicted octanol–water partition coefficient (Wildman–Crippen LogP) is 1.24. The van der Waals surface area contributed by atoms with Crippen LogP contribution in [0.2, 0.25) is 0 Å². The second-order valence-corrected chi connectivity index (χ2v) is 7.87. The Morgan fingerprint density at radius 1 is 0.429 bits per heavy atom. The molecule has 28 heavy (non-hydrogen) atoms. The first kappa shape index (κ1) is 26.3.